The number of ether oxygens (including phenoxy) is 1. The molecule has 184 valence electrons. The second kappa shape index (κ2) is 9.66. The summed E-state index contributed by atoms with van der Waals surface area (Å²) in [6.45, 7) is 3.82. The van der Waals surface area contributed by atoms with Gasteiger partial charge in [0.2, 0.25) is 11.8 Å². The maximum atomic E-state index is 12.8. The Labute approximate surface area is 214 Å². The largest absolute Gasteiger partial charge is 0.496 e. The first-order valence-electron chi connectivity index (χ1n) is 11.8. The van der Waals surface area contributed by atoms with E-state index in [4.69, 9.17) is 14.9 Å². The van der Waals surface area contributed by atoms with Crippen LogP contribution in [-0.4, -0.2) is 18.9 Å². The fourth-order valence-electron chi connectivity index (χ4n) is 4.62. The van der Waals surface area contributed by atoms with Gasteiger partial charge in [-0.25, -0.2) is 0 Å². The van der Waals surface area contributed by atoms with E-state index in [-0.39, 0.29) is 5.91 Å². The molecule has 4 aromatic carbocycles. The molecule has 2 amide bonds. The SMILES string of the molecule is COc1c(/C(C)=C/C(=O)Nc2ccc(C(N)=O)cc2)cc2c(-c3ccc4ccccc4c3)coc2c1C. The number of amides is 2. The molecule has 5 rings (SSSR count). The quantitative estimate of drug-likeness (QED) is 0.259. The topological polar surface area (TPSA) is 94.6 Å². The van der Waals surface area contributed by atoms with Crippen LogP contribution >= 0.6 is 0 Å². The summed E-state index contributed by atoms with van der Waals surface area (Å²) in [5.41, 5.74) is 11.4. The lowest BCUT2D eigenvalue weighted by Crippen LogP contribution is -2.12. The molecule has 6 heteroatoms. The van der Waals surface area contributed by atoms with Crippen LogP contribution in [-0.2, 0) is 4.79 Å². The minimum atomic E-state index is -0.520. The van der Waals surface area contributed by atoms with Crippen LogP contribution in [0.4, 0.5) is 5.69 Å². The number of aryl methyl sites for hydroxylation is 1. The van der Waals surface area contributed by atoms with E-state index < -0.39 is 5.91 Å². The highest BCUT2D eigenvalue weighted by molar-refractivity contribution is 6.06. The number of hydrogen-bond acceptors (Lipinski definition) is 4. The predicted molar refractivity (Wildman–Crippen MR) is 148 cm³/mol. The average Bonchev–Trinajstić information content (AvgIpc) is 3.33. The monoisotopic (exact) mass is 490 g/mol. The summed E-state index contributed by atoms with van der Waals surface area (Å²) in [4.78, 5) is 24.1. The van der Waals surface area contributed by atoms with Gasteiger partial charge in [-0.3, -0.25) is 9.59 Å². The molecule has 0 bridgehead atoms. The van der Waals surface area contributed by atoms with Gasteiger partial charge in [0.25, 0.3) is 0 Å². The third-order valence-corrected chi connectivity index (χ3v) is 6.52. The van der Waals surface area contributed by atoms with Crippen molar-refractivity contribution in [3.8, 4) is 16.9 Å². The minimum absolute atomic E-state index is 0.300. The Morgan fingerprint density at radius 2 is 1.70 bits per heavy atom. The summed E-state index contributed by atoms with van der Waals surface area (Å²) >= 11 is 0. The number of methoxy groups -OCH3 is 1. The number of carbonyl (C=O) groups is 2. The second-order valence-corrected chi connectivity index (χ2v) is 8.93. The molecule has 0 aliphatic rings. The molecule has 0 saturated carbocycles. The molecule has 0 fully saturated rings. The Balaban J connectivity index is 1.53. The van der Waals surface area contributed by atoms with Crippen LogP contribution in [0.1, 0.15) is 28.4 Å². The zero-order valence-corrected chi connectivity index (χ0v) is 20.8. The zero-order valence-electron chi connectivity index (χ0n) is 20.8. The third-order valence-electron chi connectivity index (χ3n) is 6.52. The number of benzene rings is 4. The van der Waals surface area contributed by atoms with Crippen molar-refractivity contribution in [2.45, 2.75) is 13.8 Å². The molecule has 0 unspecified atom stereocenters. The summed E-state index contributed by atoms with van der Waals surface area (Å²) in [5, 5.41) is 6.09. The number of nitrogens with one attached hydrogen (secondary N) is 1. The van der Waals surface area contributed by atoms with Crippen molar-refractivity contribution < 1.29 is 18.7 Å². The van der Waals surface area contributed by atoms with Crippen molar-refractivity contribution in [3.63, 3.8) is 0 Å². The van der Waals surface area contributed by atoms with Gasteiger partial charge >= 0.3 is 0 Å². The van der Waals surface area contributed by atoms with Gasteiger partial charge in [0.05, 0.1) is 13.4 Å². The van der Waals surface area contributed by atoms with Crippen LogP contribution in [0.3, 0.4) is 0 Å². The molecular weight excluding hydrogens is 464 g/mol. The first-order valence-corrected chi connectivity index (χ1v) is 11.8. The Hall–Kier alpha value is -4.84. The molecule has 1 heterocycles. The van der Waals surface area contributed by atoms with Gasteiger partial charge in [-0.2, -0.15) is 0 Å². The first kappa shape index (κ1) is 23.9. The summed E-state index contributed by atoms with van der Waals surface area (Å²) in [7, 11) is 1.61. The standard InChI is InChI=1S/C31H26N2O4/c1-18(14-28(34)33-24-12-10-21(11-13-24)31(32)35)25-16-26-27(17-37-30(26)19(2)29(25)36-3)23-9-8-20-6-4-5-7-22(20)15-23/h4-17H,1-3H3,(H2,32,35)(H,33,34)/b18-14+. The predicted octanol–water partition coefficient (Wildman–Crippen LogP) is 6.71. The van der Waals surface area contributed by atoms with E-state index in [0.717, 1.165) is 44.2 Å². The molecule has 0 atom stereocenters. The maximum Gasteiger partial charge on any atom is 0.248 e. The average molecular weight is 491 g/mol. The maximum absolute atomic E-state index is 12.8. The Morgan fingerprint density at radius 3 is 2.41 bits per heavy atom. The van der Waals surface area contributed by atoms with Gasteiger partial charge < -0.3 is 20.2 Å². The number of primary amides is 1. The zero-order chi connectivity index (χ0) is 26.1. The number of carbonyl (C=O) groups excluding carboxylic acids is 2. The second-order valence-electron chi connectivity index (χ2n) is 8.93. The fraction of sp³-hybridized carbons (Fsp3) is 0.0968. The molecule has 37 heavy (non-hydrogen) atoms. The number of hydrogen-bond donors (Lipinski definition) is 2. The smallest absolute Gasteiger partial charge is 0.248 e. The normalized spacial score (nSPS) is 11.6. The summed E-state index contributed by atoms with van der Waals surface area (Å²) < 4.78 is 11.7. The molecule has 6 nitrogen and oxygen atoms in total. The first-order chi connectivity index (χ1) is 17.9. The van der Waals surface area contributed by atoms with Crippen molar-refractivity contribution in [2.24, 2.45) is 5.73 Å². The van der Waals surface area contributed by atoms with Crippen LogP contribution in [0.2, 0.25) is 0 Å². The van der Waals surface area contributed by atoms with Crippen molar-refractivity contribution in [3.05, 3.63) is 102 Å². The number of nitrogens with two attached hydrogens (primary N) is 1. The number of anilines is 1. The molecule has 0 radical (unpaired) electrons. The van der Waals surface area contributed by atoms with Crippen LogP contribution in [0.5, 0.6) is 5.75 Å². The molecule has 1 aromatic heterocycles. The van der Waals surface area contributed by atoms with Gasteiger partial charge in [-0.1, -0.05) is 36.4 Å². The highest BCUT2D eigenvalue weighted by Crippen LogP contribution is 2.41. The highest BCUT2D eigenvalue weighted by Gasteiger charge is 2.19. The Kier molecular flexibility index (Phi) is 6.24. The van der Waals surface area contributed by atoms with Crippen LogP contribution < -0.4 is 15.8 Å². The van der Waals surface area contributed by atoms with Crippen molar-refractivity contribution in [1.29, 1.82) is 0 Å². The number of furan rings is 1. The van der Waals surface area contributed by atoms with Gasteiger partial charge in [0.1, 0.15) is 11.3 Å². The minimum Gasteiger partial charge on any atom is -0.496 e. The van der Waals surface area contributed by atoms with Gasteiger partial charge in [-0.15, -0.1) is 0 Å². The van der Waals surface area contributed by atoms with E-state index in [2.05, 4.69) is 35.6 Å². The lowest BCUT2D eigenvalue weighted by Gasteiger charge is -2.13. The molecule has 0 spiro atoms. The number of fused-ring (bicyclic) bond motifs is 2. The third kappa shape index (κ3) is 4.57. The Bertz CT molecular complexity index is 1690. The lowest BCUT2D eigenvalue weighted by atomic mass is 9.95. The van der Waals surface area contributed by atoms with Crippen molar-refractivity contribution in [2.75, 3.05) is 12.4 Å². The molecule has 5 aromatic rings. The van der Waals surface area contributed by atoms with E-state index in [9.17, 15) is 9.59 Å². The van der Waals surface area contributed by atoms with E-state index >= 15 is 0 Å². The van der Waals surface area contributed by atoms with E-state index in [1.807, 2.05) is 32.0 Å². The van der Waals surface area contributed by atoms with Crippen LogP contribution in [0.25, 0.3) is 38.4 Å². The van der Waals surface area contributed by atoms with Gasteiger partial charge in [0, 0.05) is 39.4 Å². The molecular formula is C31H26N2O4. The van der Waals surface area contributed by atoms with Crippen molar-refractivity contribution >= 4 is 44.8 Å². The van der Waals surface area contributed by atoms with Crippen LogP contribution in [0, 0.1) is 6.92 Å². The fourth-order valence-corrected chi connectivity index (χ4v) is 4.62. The number of allylic oxidation sites excluding steroid dienone is 1. The molecule has 0 aliphatic heterocycles. The van der Waals surface area contributed by atoms with Gasteiger partial charge in [-0.05, 0) is 72.2 Å². The Morgan fingerprint density at radius 1 is 0.973 bits per heavy atom. The number of rotatable bonds is 6. The molecule has 3 N–H and O–H groups in total. The van der Waals surface area contributed by atoms with E-state index in [0.29, 0.717) is 17.0 Å². The summed E-state index contributed by atoms with van der Waals surface area (Å²) in [6.07, 6.45) is 3.30. The summed E-state index contributed by atoms with van der Waals surface area (Å²) in [6, 6.07) is 23.0. The lowest BCUT2D eigenvalue weighted by molar-refractivity contribution is -0.111. The highest BCUT2D eigenvalue weighted by atomic mass is 16.5. The molecule has 0 saturated heterocycles. The summed E-state index contributed by atoms with van der Waals surface area (Å²) in [5.74, 6) is -0.167. The van der Waals surface area contributed by atoms with E-state index in [1.54, 1.807) is 37.6 Å². The van der Waals surface area contributed by atoms with Crippen LogP contribution in [0.15, 0.2) is 89.6 Å². The van der Waals surface area contributed by atoms with Crippen molar-refractivity contribution in [1.82, 2.24) is 0 Å². The van der Waals surface area contributed by atoms with E-state index in [1.165, 1.54) is 11.5 Å². The molecule has 0 aliphatic carbocycles. The van der Waals surface area contributed by atoms with Gasteiger partial charge in [0.15, 0.2) is 0 Å².